The number of pyridine rings is 1. The van der Waals surface area contributed by atoms with E-state index in [2.05, 4.69) is 47.4 Å². The van der Waals surface area contributed by atoms with Crippen LogP contribution in [0.4, 0.5) is 5.69 Å². The van der Waals surface area contributed by atoms with Gasteiger partial charge in [0.15, 0.2) is 0 Å². The molecule has 9 nitrogen and oxygen atoms in total. The zero-order valence-corrected chi connectivity index (χ0v) is 22.9. The SMILES string of the molecule is Cc1ncc(NC(=O)C(=O)N2C[C@@H](C)CC[C@@H]2c2ccc3sc(C4CCN(C)CC4)nc3c2)cc1C(N)=O. The second-order valence-electron chi connectivity index (χ2n) is 10.7. The molecule has 0 bridgehead atoms. The minimum absolute atomic E-state index is 0.205. The van der Waals surface area contributed by atoms with Gasteiger partial charge in [0, 0.05) is 12.5 Å². The Labute approximate surface area is 226 Å². The van der Waals surface area contributed by atoms with Gasteiger partial charge in [0.05, 0.1) is 44.4 Å². The molecule has 10 heteroatoms. The van der Waals surface area contributed by atoms with Crippen LogP contribution >= 0.6 is 11.3 Å². The lowest BCUT2D eigenvalue weighted by Gasteiger charge is -2.38. The van der Waals surface area contributed by atoms with Crippen molar-refractivity contribution in [2.75, 3.05) is 32.0 Å². The number of nitrogens with one attached hydrogen (secondary N) is 1. The molecule has 0 aliphatic carbocycles. The Bertz CT molecular complexity index is 1380. The van der Waals surface area contributed by atoms with E-state index in [1.54, 1.807) is 23.2 Å². The average molecular weight is 535 g/mol. The number of nitrogens with two attached hydrogens (primary N) is 1. The number of aryl methyl sites for hydroxylation is 1. The molecule has 2 saturated heterocycles. The number of fused-ring (bicyclic) bond motifs is 1. The van der Waals surface area contributed by atoms with Crippen molar-refractivity contribution in [1.29, 1.82) is 0 Å². The number of piperidine rings is 2. The minimum Gasteiger partial charge on any atom is -0.366 e. The minimum atomic E-state index is -0.760. The molecule has 2 atom stereocenters. The molecule has 38 heavy (non-hydrogen) atoms. The Kier molecular flexibility index (Phi) is 7.45. The van der Waals surface area contributed by atoms with Crippen LogP contribution in [0.25, 0.3) is 10.2 Å². The Morgan fingerprint density at radius 1 is 1.11 bits per heavy atom. The van der Waals surface area contributed by atoms with E-state index in [0.29, 0.717) is 18.2 Å². The third-order valence-corrected chi connectivity index (χ3v) is 8.96. The van der Waals surface area contributed by atoms with Crippen molar-refractivity contribution in [1.82, 2.24) is 19.8 Å². The molecule has 5 rings (SSSR count). The molecule has 3 N–H and O–H groups in total. The maximum Gasteiger partial charge on any atom is 0.313 e. The van der Waals surface area contributed by atoms with Gasteiger partial charge >= 0.3 is 11.8 Å². The standard InChI is InChI=1S/C28H34N6O3S/c1-16-4-6-23(19-5-7-24-22(12-19)32-27(38-24)18-8-10-33(3)11-9-18)34(15-16)28(37)26(36)31-20-13-21(25(29)35)17(2)30-14-20/h5,7,12-14,16,18,23H,4,6,8-11,15H2,1-3H3,(H2,29,35)(H,31,36)/t16-,23+/m0/s1. The first-order valence-corrected chi connectivity index (χ1v) is 14.0. The normalized spacial score (nSPS) is 21.0. The summed E-state index contributed by atoms with van der Waals surface area (Å²) in [6.07, 6.45) is 5.41. The van der Waals surface area contributed by atoms with Crippen LogP contribution in [-0.2, 0) is 9.59 Å². The van der Waals surface area contributed by atoms with E-state index in [0.717, 1.165) is 54.6 Å². The maximum absolute atomic E-state index is 13.4. The zero-order valence-electron chi connectivity index (χ0n) is 22.1. The highest BCUT2D eigenvalue weighted by atomic mass is 32.1. The van der Waals surface area contributed by atoms with Gasteiger partial charge < -0.3 is 20.9 Å². The maximum atomic E-state index is 13.4. The fourth-order valence-corrected chi connectivity index (χ4v) is 6.61. The number of hydrogen-bond donors (Lipinski definition) is 2. The third kappa shape index (κ3) is 5.42. The molecule has 3 aromatic rings. The summed E-state index contributed by atoms with van der Waals surface area (Å²) in [5.74, 6) is -1.23. The second-order valence-corrected chi connectivity index (χ2v) is 11.8. The highest BCUT2D eigenvalue weighted by Crippen LogP contribution is 2.38. The number of thiazole rings is 1. The molecule has 3 amide bonds. The highest BCUT2D eigenvalue weighted by molar-refractivity contribution is 7.18. The smallest absolute Gasteiger partial charge is 0.313 e. The summed E-state index contributed by atoms with van der Waals surface area (Å²) < 4.78 is 1.15. The van der Waals surface area contributed by atoms with Gasteiger partial charge in [0.2, 0.25) is 0 Å². The monoisotopic (exact) mass is 534 g/mol. The summed E-state index contributed by atoms with van der Waals surface area (Å²) in [6.45, 7) is 6.42. The van der Waals surface area contributed by atoms with Crippen molar-refractivity contribution in [3.05, 3.63) is 52.3 Å². The molecule has 2 aromatic heterocycles. The lowest BCUT2D eigenvalue weighted by molar-refractivity contribution is -0.146. The van der Waals surface area contributed by atoms with E-state index in [9.17, 15) is 14.4 Å². The number of nitrogens with zero attached hydrogens (tertiary/aromatic N) is 4. The molecule has 0 radical (unpaired) electrons. The summed E-state index contributed by atoms with van der Waals surface area (Å²) in [7, 11) is 2.16. The summed E-state index contributed by atoms with van der Waals surface area (Å²) in [5, 5.41) is 3.80. The van der Waals surface area contributed by atoms with Gasteiger partial charge in [-0.15, -0.1) is 11.3 Å². The fraction of sp³-hybridized carbons (Fsp3) is 0.464. The first-order chi connectivity index (χ1) is 18.2. The predicted octanol–water partition coefficient (Wildman–Crippen LogP) is 3.85. The van der Waals surface area contributed by atoms with E-state index in [-0.39, 0.29) is 23.2 Å². The van der Waals surface area contributed by atoms with Crippen LogP contribution in [0.3, 0.4) is 0 Å². The highest BCUT2D eigenvalue weighted by Gasteiger charge is 2.34. The van der Waals surface area contributed by atoms with E-state index in [4.69, 9.17) is 10.7 Å². The molecule has 0 saturated carbocycles. The van der Waals surface area contributed by atoms with Crippen molar-refractivity contribution >= 4 is 45.0 Å². The molecule has 0 unspecified atom stereocenters. The molecule has 200 valence electrons. The number of carbonyl (C=O) groups is 3. The van der Waals surface area contributed by atoms with Crippen LogP contribution in [0, 0.1) is 12.8 Å². The zero-order chi connectivity index (χ0) is 27.0. The van der Waals surface area contributed by atoms with Crippen molar-refractivity contribution in [3.8, 4) is 0 Å². The molecule has 2 aliphatic heterocycles. The molecule has 0 spiro atoms. The Morgan fingerprint density at radius 3 is 2.61 bits per heavy atom. The quantitative estimate of drug-likeness (QED) is 0.491. The summed E-state index contributed by atoms with van der Waals surface area (Å²) >= 11 is 1.76. The number of carbonyl (C=O) groups excluding carboxylic acids is 3. The van der Waals surface area contributed by atoms with Gasteiger partial charge in [-0.25, -0.2) is 4.98 Å². The van der Waals surface area contributed by atoms with Crippen LogP contribution in [0.5, 0.6) is 0 Å². The topological polar surface area (TPSA) is 122 Å². The second kappa shape index (κ2) is 10.8. The number of primary amides is 1. The third-order valence-electron chi connectivity index (χ3n) is 7.76. The fourth-order valence-electron chi connectivity index (χ4n) is 5.49. The molecular formula is C28H34N6O3S. The first-order valence-electron chi connectivity index (χ1n) is 13.2. The number of hydrogen-bond acceptors (Lipinski definition) is 7. The number of likely N-dealkylation sites (tertiary alicyclic amines) is 2. The number of rotatable bonds is 4. The first kappa shape index (κ1) is 26.2. The predicted molar refractivity (Wildman–Crippen MR) is 148 cm³/mol. The average Bonchev–Trinajstić information content (AvgIpc) is 3.33. The van der Waals surface area contributed by atoms with Gasteiger partial charge in [0.1, 0.15) is 0 Å². The molecule has 4 heterocycles. The van der Waals surface area contributed by atoms with Crippen LogP contribution in [0.2, 0.25) is 0 Å². The van der Waals surface area contributed by atoms with Crippen LogP contribution in [0.1, 0.15) is 71.2 Å². The Morgan fingerprint density at radius 2 is 1.87 bits per heavy atom. The number of benzene rings is 1. The van der Waals surface area contributed by atoms with Crippen molar-refractivity contribution in [3.63, 3.8) is 0 Å². The van der Waals surface area contributed by atoms with Crippen LogP contribution in [0.15, 0.2) is 30.5 Å². The van der Waals surface area contributed by atoms with E-state index in [1.165, 1.54) is 17.3 Å². The summed E-state index contributed by atoms with van der Waals surface area (Å²) in [6, 6.07) is 7.50. The van der Waals surface area contributed by atoms with Gasteiger partial charge in [-0.1, -0.05) is 13.0 Å². The van der Waals surface area contributed by atoms with E-state index >= 15 is 0 Å². The van der Waals surface area contributed by atoms with Crippen molar-refractivity contribution < 1.29 is 14.4 Å². The number of amides is 3. The number of aromatic nitrogens is 2. The van der Waals surface area contributed by atoms with Gasteiger partial charge in [-0.2, -0.15) is 0 Å². The van der Waals surface area contributed by atoms with Gasteiger partial charge in [-0.3, -0.25) is 19.4 Å². The van der Waals surface area contributed by atoms with Gasteiger partial charge in [-0.05, 0) is 82.4 Å². The van der Waals surface area contributed by atoms with Crippen LogP contribution < -0.4 is 11.1 Å². The van der Waals surface area contributed by atoms with E-state index < -0.39 is 17.7 Å². The van der Waals surface area contributed by atoms with Crippen molar-refractivity contribution in [2.24, 2.45) is 11.7 Å². The molecule has 1 aromatic carbocycles. The Balaban J connectivity index is 1.36. The summed E-state index contributed by atoms with van der Waals surface area (Å²) in [4.78, 5) is 51.2. The Hall–Kier alpha value is -3.37. The molecule has 2 fully saturated rings. The molecular weight excluding hydrogens is 500 g/mol. The van der Waals surface area contributed by atoms with Gasteiger partial charge in [0.25, 0.3) is 5.91 Å². The van der Waals surface area contributed by atoms with E-state index in [1.807, 2.05) is 0 Å². The van der Waals surface area contributed by atoms with Crippen molar-refractivity contribution in [2.45, 2.75) is 51.5 Å². The number of anilines is 1. The lowest BCUT2D eigenvalue weighted by Crippen LogP contribution is -2.46. The lowest BCUT2D eigenvalue weighted by atomic mass is 9.89. The largest absolute Gasteiger partial charge is 0.366 e. The van der Waals surface area contributed by atoms with Crippen LogP contribution in [-0.4, -0.2) is 64.2 Å². The summed E-state index contributed by atoms with van der Waals surface area (Å²) in [5.41, 5.74) is 8.29. The molecule has 2 aliphatic rings.